The van der Waals surface area contributed by atoms with Crippen molar-refractivity contribution >= 4 is 0 Å². The van der Waals surface area contributed by atoms with Crippen molar-refractivity contribution in [1.82, 2.24) is 10.4 Å². The van der Waals surface area contributed by atoms with Crippen molar-refractivity contribution < 1.29 is 0 Å². The molecule has 0 aliphatic carbocycles. The molecule has 0 bridgehead atoms. The van der Waals surface area contributed by atoms with Gasteiger partial charge in [0.05, 0.1) is 5.70 Å². The molecule has 2 aliphatic rings. The Morgan fingerprint density at radius 1 is 1.55 bits per heavy atom. The van der Waals surface area contributed by atoms with Crippen LogP contribution in [-0.2, 0) is 0 Å². The van der Waals surface area contributed by atoms with Crippen LogP contribution < -0.4 is 5.43 Å². The van der Waals surface area contributed by atoms with Gasteiger partial charge in [-0.05, 0) is 25.0 Å². The summed E-state index contributed by atoms with van der Waals surface area (Å²) < 4.78 is 0. The number of hydrazine groups is 1. The molecule has 0 aromatic rings. The maximum atomic E-state index is 3.29. The topological polar surface area (TPSA) is 15.3 Å². The molecule has 2 rings (SSSR count). The number of fused-ring (bicyclic) bond motifs is 1. The Bertz CT molecular complexity index is 248. The van der Waals surface area contributed by atoms with Crippen LogP contribution in [0.1, 0.15) is 13.3 Å². The summed E-state index contributed by atoms with van der Waals surface area (Å²) in [6.07, 6.45) is 9.65. The monoisotopic (exact) mass is 148 g/mol. The summed E-state index contributed by atoms with van der Waals surface area (Å²) in [5, 5.41) is 2.08. The first-order chi connectivity index (χ1) is 5.38. The maximum absolute atomic E-state index is 3.29. The van der Waals surface area contributed by atoms with Gasteiger partial charge in [-0.3, -0.25) is 5.01 Å². The van der Waals surface area contributed by atoms with Gasteiger partial charge in [-0.15, -0.1) is 0 Å². The first-order valence-corrected chi connectivity index (χ1v) is 3.96. The van der Waals surface area contributed by atoms with Gasteiger partial charge in [-0.25, -0.2) is 5.43 Å². The fraction of sp³-hybridized carbons (Fsp3) is 0.333. The van der Waals surface area contributed by atoms with E-state index < -0.39 is 0 Å². The van der Waals surface area contributed by atoms with Crippen molar-refractivity contribution in [2.24, 2.45) is 0 Å². The number of allylic oxidation sites excluding steroid dienone is 3. The van der Waals surface area contributed by atoms with E-state index in [0.29, 0.717) is 0 Å². The molecule has 0 spiro atoms. The molecule has 2 nitrogen and oxygen atoms in total. The summed E-state index contributed by atoms with van der Waals surface area (Å²) in [5.74, 6) is 0. The summed E-state index contributed by atoms with van der Waals surface area (Å²) in [4.78, 5) is 0. The average Bonchev–Trinajstić information content (AvgIpc) is 2.06. The molecule has 58 valence electrons. The predicted octanol–water partition coefficient (Wildman–Crippen LogP) is 1.55. The molecule has 0 atom stereocenters. The second-order valence-corrected chi connectivity index (χ2v) is 2.85. The van der Waals surface area contributed by atoms with Gasteiger partial charge >= 0.3 is 0 Å². The zero-order valence-electron chi connectivity index (χ0n) is 6.67. The average molecular weight is 148 g/mol. The van der Waals surface area contributed by atoms with Crippen LogP contribution in [-0.4, -0.2) is 11.6 Å². The van der Waals surface area contributed by atoms with E-state index in [0.717, 1.165) is 13.0 Å². The molecule has 0 unspecified atom stereocenters. The summed E-state index contributed by atoms with van der Waals surface area (Å²) in [5.41, 5.74) is 5.93. The number of hydrogen-bond donors (Lipinski definition) is 1. The fourth-order valence-electron chi connectivity index (χ4n) is 1.42. The minimum absolute atomic E-state index is 1.04. The second-order valence-electron chi connectivity index (χ2n) is 2.85. The lowest BCUT2D eigenvalue weighted by atomic mass is 10.1. The third kappa shape index (κ3) is 1.10. The Kier molecular flexibility index (Phi) is 1.55. The zero-order valence-corrected chi connectivity index (χ0v) is 6.67. The Labute approximate surface area is 66.9 Å². The van der Waals surface area contributed by atoms with Crippen LogP contribution in [0.2, 0.25) is 0 Å². The van der Waals surface area contributed by atoms with Gasteiger partial charge in [0.25, 0.3) is 0 Å². The van der Waals surface area contributed by atoms with Crippen LogP contribution in [0.4, 0.5) is 0 Å². The standard InChI is InChI=1S/C9H12N2/c1-8-4-3-7-11-9(8)5-2-6-10-11/h3-5,7,10H,2,6H2,1H3. The molecule has 0 aromatic heterocycles. The Balaban J connectivity index is 2.34. The highest BCUT2D eigenvalue weighted by Gasteiger charge is 2.13. The molecule has 2 heterocycles. The van der Waals surface area contributed by atoms with Gasteiger partial charge in [0.15, 0.2) is 0 Å². The van der Waals surface area contributed by atoms with Gasteiger partial charge in [0, 0.05) is 12.7 Å². The van der Waals surface area contributed by atoms with Crippen LogP contribution in [0.25, 0.3) is 0 Å². The molecule has 2 heteroatoms. The van der Waals surface area contributed by atoms with Gasteiger partial charge < -0.3 is 0 Å². The van der Waals surface area contributed by atoms with Crippen LogP contribution >= 0.6 is 0 Å². The van der Waals surface area contributed by atoms with E-state index in [1.54, 1.807) is 0 Å². The normalized spacial score (nSPS) is 22.5. The fourth-order valence-corrected chi connectivity index (χ4v) is 1.42. The molecule has 11 heavy (non-hydrogen) atoms. The number of hydrogen-bond acceptors (Lipinski definition) is 2. The molecule has 0 aromatic carbocycles. The largest absolute Gasteiger partial charge is 0.284 e. The van der Waals surface area contributed by atoms with E-state index in [4.69, 9.17) is 0 Å². The van der Waals surface area contributed by atoms with Gasteiger partial charge in [0.1, 0.15) is 0 Å². The highest BCUT2D eigenvalue weighted by atomic mass is 15.5. The number of nitrogens with one attached hydrogen (secondary N) is 1. The van der Waals surface area contributed by atoms with Crippen molar-refractivity contribution in [1.29, 1.82) is 0 Å². The van der Waals surface area contributed by atoms with Crippen LogP contribution in [0, 0.1) is 0 Å². The highest BCUT2D eigenvalue weighted by molar-refractivity contribution is 5.36. The van der Waals surface area contributed by atoms with Crippen molar-refractivity contribution in [2.45, 2.75) is 13.3 Å². The molecule has 0 saturated carbocycles. The molecular formula is C9H12N2. The van der Waals surface area contributed by atoms with E-state index >= 15 is 0 Å². The van der Waals surface area contributed by atoms with Gasteiger partial charge in [-0.2, -0.15) is 0 Å². The van der Waals surface area contributed by atoms with Crippen molar-refractivity contribution in [3.63, 3.8) is 0 Å². The molecular weight excluding hydrogens is 136 g/mol. The minimum Gasteiger partial charge on any atom is -0.284 e. The number of rotatable bonds is 0. The van der Waals surface area contributed by atoms with Crippen molar-refractivity contribution in [3.05, 3.63) is 35.7 Å². The summed E-state index contributed by atoms with van der Waals surface area (Å²) >= 11 is 0. The first-order valence-electron chi connectivity index (χ1n) is 3.96. The quantitative estimate of drug-likeness (QED) is 0.560. The van der Waals surface area contributed by atoms with Crippen LogP contribution in [0.15, 0.2) is 35.7 Å². The lowest BCUT2D eigenvalue weighted by Gasteiger charge is -2.30. The maximum Gasteiger partial charge on any atom is 0.0560 e. The Morgan fingerprint density at radius 3 is 3.27 bits per heavy atom. The summed E-state index contributed by atoms with van der Waals surface area (Å²) in [6, 6.07) is 0. The van der Waals surface area contributed by atoms with Crippen LogP contribution in [0.3, 0.4) is 0 Å². The first kappa shape index (κ1) is 6.68. The smallest absolute Gasteiger partial charge is 0.0560 e. The Morgan fingerprint density at radius 2 is 2.45 bits per heavy atom. The highest BCUT2D eigenvalue weighted by Crippen LogP contribution is 2.20. The van der Waals surface area contributed by atoms with E-state index in [2.05, 4.69) is 41.8 Å². The number of nitrogens with zero attached hydrogens (tertiary/aromatic N) is 1. The molecule has 0 saturated heterocycles. The van der Waals surface area contributed by atoms with E-state index in [1.165, 1.54) is 11.3 Å². The molecule has 0 radical (unpaired) electrons. The summed E-state index contributed by atoms with van der Waals surface area (Å²) in [6.45, 7) is 3.18. The second kappa shape index (κ2) is 2.55. The van der Waals surface area contributed by atoms with Crippen molar-refractivity contribution in [3.8, 4) is 0 Å². The molecule has 0 fully saturated rings. The lowest BCUT2D eigenvalue weighted by molar-refractivity contribution is 0.325. The van der Waals surface area contributed by atoms with E-state index in [1.807, 2.05) is 0 Å². The SMILES string of the molecule is CC1=CC=CN2NCCC=C12. The minimum atomic E-state index is 1.04. The molecule has 0 amide bonds. The van der Waals surface area contributed by atoms with E-state index in [-0.39, 0.29) is 0 Å². The zero-order chi connectivity index (χ0) is 7.68. The third-order valence-electron chi connectivity index (χ3n) is 2.01. The molecule has 1 N–H and O–H groups in total. The van der Waals surface area contributed by atoms with Crippen LogP contribution in [0.5, 0.6) is 0 Å². The van der Waals surface area contributed by atoms with Gasteiger partial charge in [-0.1, -0.05) is 12.2 Å². The van der Waals surface area contributed by atoms with E-state index in [9.17, 15) is 0 Å². The summed E-state index contributed by atoms with van der Waals surface area (Å²) in [7, 11) is 0. The Hall–Kier alpha value is -1.02. The predicted molar refractivity (Wildman–Crippen MR) is 45.4 cm³/mol. The lowest BCUT2D eigenvalue weighted by Crippen LogP contribution is -2.37. The van der Waals surface area contributed by atoms with Gasteiger partial charge in [0.2, 0.25) is 0 Å². The van der Waals surface area contributed by atoms with Crippen molar-refractivity contribution in [2.75, 3.05) is 6.54 Å². The third-order valence-corrected chi connectivity index (χ3v) is 2.01. The molecule has 2 aliphatic heterocycles.